The fourth-order valence-electron chi connectivity index (χ4n) is 3.40. The first-order valence-electron chi connectivity index (χ1n) is 9.00. The topological polar surface area (TPSA) is 38.3 Å². The molecule has 2 aromatic rings. The van der Waals surface area contributed by atoms with Gasteiger partial charge in [0.1, 0.15) is 12.4 Å². The van der Waals surface area contributed by atoms with Gasteiger partial charge in [-0.3, -0.25) is 4.79 Å². The predicted octanol–water partition coefficient (Wildman–Crippen LogP) is 4.78. The summed E-state index contributed by atoms with van der Waals surface area (Å²) in [6.45, 7) is 0.130. The molecule has 1 saturated carbocycles. The maximum absolute atomic E-state index is 12.7. The molecule has 0 radical (unpaired) electrons. The number of nitrogens with one attached hydrogen (secondary N) is 1. The first-order chi connectivity index (χ1) is 13.4. The molecule has 0 unspecified atom stereocenters. The van der Waals surface area contributed by atoms with E-state index in [1.807, 2.05) is 17.5 Å². The lowest BCUT2D eigenvalue weighted by Crippen LogP contribution is -2.42. The largest absolute Gasteiger partial charge is 0.481 e. The second-order valence-corrected chi connectivity index (χ2v) is 7.56. The molecule has 1 aromatic carbocycles. The quantitative estimate of drug-likeness (QED) is 0.725. The van der Waals surface area contributed by atoms with Gasteiger partial charge in [-0.05, 0) is 42.5 Å². The zero-order chi connectivity index (χ0) is 20.0. The number of rotatable bonds is 5. The maximum atomic E-state index is 12.7. The third-order valence-corrected chi connectivity index (χ3v) is 5.89. The van der Waals surface area contributed by atoms with Crippen LogP contribution in [0.15, 0.2) is 41.8 Å². The fourth-order valence-corrected chi connectivity index (χ4v) is 4.39. The number of carbonyl (C=O) groups excluding carboxylic acids is 1. The molecule has 1 fully saturated rings. The molecular weight excluding hydrogens is 387 g/mol. The van der Waals surface area contributed by atoms with Crippen LogP contribution in [0.3, 0.4) is 0 Å². The average Bonchev–Trinajstić information content (AvgIpc) is 3.36. The van der Waals surface area contributed by atoms with Gasteiger partial charge in [0, 0.05) is 4.88 Å². The van der Waals surface area contributed by atoms with Gasteiger partial charge in [0.25, 0.3) is 0 Å². The lowest BCUT2D eigenvalue weighted by Gasteiger charge is -2.26. The van der Waals surface area contributed by atoms with E-state index in [-0.39, 0.29) is 24.8 Å². The molecule has 28 heavy (non-hydrogen) atoms. The normalized spacial score (nSPS) is 15.5. The standard InChI is InChI=1S/C21H20F3NO2S/c22-21(23,24)16-7-5-8-17(15-16)27-13-4-3-12-25-19(26)20(10-1-2-11-20)18-9-6-14-28-18/h5-9,14-15H,1-2,10-13H2,(H,25,26). The second-order valence-electron chi connectivity index (χ2n) is 6.62. The Kier molecular flexibility index (Phi) is 6.30. The first kappa shape index (κ1) is 20.3. The highest BCUT2D eigenvalue weighted by Gasteiger charge is 2.43. The summed E-state index contributed by atoms with van der Waals surface area (Å²) in [5.41, 5.74) is -1.22. The van der Waals surface area contributed by atoms with Crippen molar-refractivity contribution in [2.24, 2.45) is 0 Å². The molecule has 0 aliphatic heterocycles. The molecule has 1 aliphatic rings. The third kappa shape index (κ3) is 4.68. The first-order valence-corrected chi connectivity index (χ1v) is 9.88. The van der Waals surface area contributed by atoms with Gasteiger partial charge in [-0.25, -0.2) is 0 Å². The summed E-state index contributed by atoms with van der Waals surface area (Å²) >= 11 is 1.60. The molecule has 7 heteroatoms. The summed E-state index contributed by atoms with van der Waals surface area (Å²) in [6, 6.07) is 8.62. The van der Waals surface area contributed by atoms with Crippen LogP contribution >= 0.6 is 11.3 Å². The highest BCUT2D eigenvalue weighted by Crippen LogP contribution is 2.43. The lowest BCUT2D eigenvalue weighted by molar-refractivity contribution is -0.137. The van der Waals surface area contributed by atoms with Crippen molar-refractivity contribution >= 4 is 17.2 Å². The summed E-state index contributed by atoms with van der Waals surface area (Å²) in [5, 5.41) is 4.85. The molecule has 0 spiro atoms. The van der Waals surface area contributed by atoms with Gasteiger partial charge >= 0.3 is 6.18 Å². The molecule has 0 bridgehead atoms. The Balaban J connectivity index is 1.50. The highest BCUT2D eigenvalue weighted by atomic mass is 32.1. The molecule has 0 saturated heterocycles. The zero-order valence-corrected chi connectivity index (χ0v) is 16.0. The molecule has 3 rings (SSSR count). The third-order valence-electron chi connectivity index (χ3n) is 4.82. The molecule has 1 aliphatic carbocycles. The highest BCUT2D eigenvalue weighted by molar-refractivity contribution is 7.10. The SMILES string of the molecule is O=C(NCC#CCOc1cccc(C(F)(F)F)c1)C1(c2cccs2)CCCC1. The van der Waals surface area contributed by atoms with Gasteiger partial charge in [-0.1, -0.05) is 36.8 Å². The maximum Gasteiger partial charge on any atom is 0.416 e. The van der Waals surface area contributed by atoms with Crippen LogP contribution in [0.25, 0.3) is 0 Å². The Morgan fingerprint density at radius 3 is 2.64 bits per heavy atom. The van der Waals surface area contributed by atoms with E-state index in [4.69, 9.17) is 4.74 Å². The van der Waals surface area contributed by atoms with Gasteiger partial charge in [0.15, 0.2) is 0 Å². The summed E-state index contributed by atoms with van der Waals surface area (Å²) in [6.07, 6.45) is -0.672. The van der Waals surface area contributed by atoms with E-state index in [2.05, 4.69) is 17.2 Å². The number of hydrogen-bond donors (Lipinski definition) is 1. The van der Waals surface area contributed by atoms with Crippen molar-refractivity contribution in [2.45, 2.75) is 37.3 Å². The van der Waals surface area contributed by atoms with Crippen molar-refractivity contribution in [2.75, 3.05) is 13.2 Å². The average molecular weight is 407 g/mol. The molecule has 3 nitrogen and oxygen atoms in total. The van der Waals surface area contributed by atoms with Crippen LogP contribution < -0.4 is 10.1 Å². The molecular formula is C21H20F3NO2S. The Morgan fingerprint density at radius 2 is 1.96 bits per heavy atom. The van der Waals surface area contributed by atoms with E-state index in [1.165, 1.54) is 12.1 Å². The van der Waals surface area contributed by atoms with Crippen molar-refractivity contribution < 1.29 is 22.7 Å². The van der Waals surface area contributed by atoms with Crippen LogP contribution in [0.5, 0.6) is 5.75 Å². The van der Waals surface area contributed by atoms with Crippen molar-refractivity contribution in [1.29, 1.82) is 0 Å². The molecule has 148 valence electrons. The number of hydrogen-bond acceptors (Lipinski definition) is 3. The molecule has 1 heterocycles. The van der Waals surface area contributed by atoms with Crippen LogP contribution in [0.1, 0.15) is 36.1 Å². The van der Waals surface area contributed by atoms with Crippen LogP contribution in [0, 0.1) is 11.8 Å². The van der Waals surface area contributed by atoms with Gasteiger partial charge < -0.3 is 10.1 Å². The minimum absolute atomic E-state index is 0.0134. The predicted molar refractivity (Wildman–Crippen MR) is 102 cm³/mol. The summed E-state index contributed by atoms with van der Waals surface area (Å²) in [7, 11) is 0. The van der Waals surface area contributed by atoms with E-state index in [0.717, 1.165) is 42.7 Å². The molecule has 1 aromatic heterocycles. The number of amides is 1. The van der Waals surface area contributed by atoms with E-state index in [0.29, 0.717) is 0 Å². The van der Waals surface area contributed by atoms with Gasteiger partial charge in [0.05, 0.1) is 17.5 Å². The Morgan fingerprint density at radius 1 is 1.18 bits per heavy atom. The van der Waals surface area contributed by atoms with Crippen molar-refractivity contribution in [3.8, 4) is 17.6 Å². The summed E-state index contributed by atoms with van der Waals surface area (Å²) in [4.78, 5) is 13.8. The minimum Gasteiger partial charge on any atom is -0.481 e. The lowest BCUT2D eigenvalue weighted by atomic mass is 9.83. The van der Waals surface area contributed by atoms with Crippen molar-refractivity contribution in [3.05, 3.63) is 52.2 Å². The van der Waals surface area contributed by atoms with E-state index >= 15 is 0 Å². The van der Waals surface area contributed by atoms with Crippen LogP contribution in [-0.4, -0.2) is 19.1 Å². The Labute approximate surface area is 165 Å². The van der Waals surface area contributed by atoms with E-state index < -0.39 is 17.2 Å². The van der Waals surface area contributed by atoms with Crippen LogP contribution in [0.2, 0.25) is 0 Å². The number of carbonyl (C=O) groups is 1. The van der Waals surface area contributed by atoms with Crippen molar-refractivity contribution in [1.82, 2.24) is 5.32 Å². The van der Waals surface area contributed by atoms with Crippen molar-refractivity contribution in [3.63, 3.8) is 0 Å². The number of ether oxygens (including phenoxy) is 1. The fraction of sp³-hybridized carbons (Fsp3) is 0.381. The molecule has 1 N–H and O–H groups in total. The molecule has 0 atom stereocenters. The monoisotopic (exact) mass is 407 g/mol. The smallest absolute Gasteiger partial charge is 0.416 e. The number of halogens is 3. The summed E-state index contributed by atoms with van der Waals surface area (Å²) < 4.78 is 43.3. The number of benzene rings is 1. The Bertz CT molecular complexity index is 860. The Hall–Kier alpha value is -2.46. The molecule has 1 amide bonds. The van der Waals surface area contributed by atoms with Crippen LogP contribution in [-0.2, 0) is 16.4 Å². The van der Waals surface area contributed by atoms with E-state index in [9.17, 15) is 18.0 Å². The number of thiophene rings is 1. The zero-order valence-electron chi connectivity index (χ0n) is 15.1. The van der Waals surface area contributed by atoms with E-state index in [1.54, 1.807) is 11.3 Å². The van der Waals surface area contributed by atoms with Crippen LogP contribution in [0.4, 0.5) is 13.2 Å². The number of alkyl halides is 3. The van der Waals surface area contributed by atoms with Gasteiger partial charge in [-0.2, -0.15) is 13.2 Å². The van der Waals surface area contributed by atoms with Gasteiger partial charge in [-0.15, -0.1) is 11.3 Å². The second kappa shape index (κ2) is 8.70. The summed E-state index contributed by atoms with van der Waals surface area (Å²) in [5.74, 6) is 5.61. The minimum atomic E-state index is -4.41. The van der Waals surface area contributed by atoms with Gasteiger partial charge in [0.2, 0.25) is 5.91 Å².